The van der Waals surface area contributed by atoms with E-state index in [0.29, 0.717) is 0 Å². The summed E-state index contributed by atoms with van der Waals surface area (Å²) in [6.07, 6.45) is 10.4. The van der Waals surface area contributed by atoms with E-state index in [1.807, 2.05) is 0 Å². The molecule has 0 amide bonds. The van der Waals surface area contributed by atoms with Crippen molar-refractivity contribution in [3.8, 4) is 0 Å². The van der Waals surface area contributed by atoms with E-state index < -0.39 is 0 Å². The lowest BCUT2D eigenvalue weighted by atomic mass is 9.86. The van der Waals surface area contributed by atoms with E-state index in [9.17, 15) is 0 Å². The van der Waals surface area contributed by atoms with Crippen LogP contribution in [0, 0.1) is 5.92 Å². The summed E-state index contributed by atoms with van der Waals surface area (Å²) in [6, 6.07) is 0. The molecule has 0 spiro atoms. The summed E-state index contributed by atoms with van der Waals surface area (Å²) in [5, 5.41) is 4.35. The first-order valence-electron chi connectivity index (χ1n) is 5.80. The van der Waals surface area contributed by atoms with Crippen LogP contribution < -0.4 is 5.32 Å². The molecule has 2 aliphatic rings. The Kier molecular flexibility index (Phi) is 3.98. The van der Waals surface area contributed by atoms with Gasteiger partial charge in [0.05, 0.1) is 5.37 Å². The van der Waals surface area contributed by atoms with Gasteiger partial charge in [-0.1, -0.05) is 32.1 Å². The van der Waals surface area contributed by atoms with Gasteiger partial charge in [0, 0.05) is 12.3 Å². The van der Waals surface area contributed by atoms with Crippen molar-refractivity contribution in [2.24, 2.45) is 5.92 Å². The summed E-state index contributed by atoms with van der Waals surface area (Å²) < 4.78 is 0. The molecule has 1 saturated heterocycles. The van der Waals surface area contributed by atoms with Crippen LogP contribution in [0.2, 0.25) is 0 Å². The lowest BCUT2D eigenvalue weighted by molar-refractivity contribution is 0.328. The molecule has 1 N–H and O–H groups in total. The van der Waals surface area contributed by atoms with E-state index >= 15 is 0 Å². The summed E-state index contributed by atoms with van der Waals surface area (Å²) in [5.41, 5.74) is 0. The molecule has 76 valence electrons. The fourth-order valence-electron chi connectivity index (χ4n) is 2.53. The topological polar surface area (TPSA) is 12.0 Å². The molecule has 1 atom stereocenters. The molecule has 1 aliphatic carbocycles. The van der Waals surface area contributed by atoms with Crippen LogP contribution in [0.15, 0.2) is 0 Å². The molecule has 2 heteroatoms. The van der Waals surface area contributed by atoms with Gasteiger partial charge in [0.1, 0.15) is 0 Å². The van der Waals surface area contributed by atoms with Crippen LogP contribution in [-0.2, 0) is 0 Å². The Morgan fingerprint density at radius 3 is 2.62 bits per heavy atom. The van der Waals surface area contributed by atoms with Gasteiger partial charge >= 0.3 is 0 Å². The van der Waals surface area contributed by atoms with Crippen LogP contribution in [0.1, 0.15) is 44.9 Å². The minimum atomic E-state index is 0.793. The first kappa shape index (κ1) is 9.85. The molecular weight excluding hydrogens is 178 g/mol. The second kappa shape index (κ2) is 5.26. The van der Waals surface area contributed by atoms with E-state index in [1.165, 1.54) is 57.2 Å². The smallest absolute Gasteiger partial charge is 0.0532 e. The maximum absolute atomic E-state index is 3.56. The van der Waals surface area contributed by atoms with Crippen LogP contribution in [0.4, 0.5) is 0 Å². The van der Waals surface area contributed by atoms with Crippen LogP contribution >= 0.6 is 11.8 Å². The summed E-state index contributed by atoms with van der Waals surface area (Å²) in [4.78, 5) is 0. The van der Waals surface area contributed by atoms with E-state index in [0.717, 1.165) is 11.3 Å². The molecule has 1 aliphatic heterocycles. The van der Waals surface area contributed by atoms with Gasteiger partial charge in [0.25, 0.3) is 0 Å². The molecule has 0 aromatic heterocycles. The van der Waals surface area contributed by atoms with E-state index in [-0.39, 0.29) is 0 Å². The molecule has 2 rings (SSSR count). The van der Waals surface area contributed by atoms with Crippen molar-refractivity contribution >= 4 is 11.8 Å². The third-order valence-corrected chi connectivity index (χ3v) is 4.60. The summed E-state index contributed by atoms with van der Waals surface area (Å²) in [7, 11) is 0. The highest BCUT2D eigenvalue weighted by molar-refractivity contribution is 8.00. The molecule has 13 heavy (non-hydrogen) atoms. The van der Waals surface area contributed by atoms with Crippen LogP contribution in [-0.4, -0.2) is 17.7 Å². The largest absolute Gasteiger partial charge is 0.305 e. The van der Waals surface area contributed by atoms with Crippen molar-refractivity contribution in [2.45, 2.75) is 50.3 Å². The number of hydrogen-bond acceptors (Lipinski definition) is 2. The second-order valence-electron chi connectivity index (χ2n) is 4.39. The Bertz CT molecular complexity index is 137. The third-order valence-electron chi connectivity index (χ3n) is 3.35. The minimum Gasteiger partial charge on any atom is -0.305 e. The highest BCUT2D eigenvalue weighted by Crippen LogP contribution is 2.29. The first-order chi connectivity index (χ1) is 6.45. The molecule has 1 saturated carbocycles. The number of rotatable bonds is 3. The van der Waals surface area contributed by atoms with Gasteiger partial charge < -0.3 is 5.32 Å². The lowest BCUT2D eigenvalue weighted by Crippen LogP contribution is -2.20. The standard InChI is InChI=1S/C11H21NS/c1-2-4-10(5-3-1)6-7-11-12-8-9-13-11/h10-12H,1-9H2. The summed E-state index contributed by atoms with van der Waals surface area (Å²) in [5.74, 6) is 2.40. The van der Waals surface area contributed by atoms with Gasteiger partial charge in [-0.25, -0.2) is 0 Å². The monoisotopic (exact) mass is 199 g/mol. The SMILES string of the molecule is C1CCC(CCC2NCCS2)CC1. The van der Waals surface area contributed by atoms with Crippen molar-refractivity contribution < 1.29 is 0 Å². The van der Waals surface area contributed by atoms with Crippen molar-refractivity contribution in [1.29, 1.82) is 0 Å². The molecule has 0 aromatic rings. The van der Waals surface area contributed by atoms with Crippen LogP contribution in [0.5, 0.6) is 0 Å². The normalized spacial score (nSPS) is 30.9. The molecule has 1 heterocycles. The zero-order valence-corrected chi connectivity index (χ0v) is 9.24. The third kappa shape index (κ3) is 3.17. The Hall–Kier alpha value is 0.310. The van der Waals surface area contributed by atoms with Gasteiger partial charge in [-0.05, 0) is 18.8 Å². The van der Waals surface area contributed by atoms with Crippen LogP contribution in [0.3, 0.4) is 0 Å². The maximum atomic E-state index is 3.56. The van der Waals surface area contributed by atoms with Crippen molar-refractivity contribution in [2.75, 3.05) is 12.3 Å². The van der Waals surface area contributed by atoms with Crippen molar-refractivity contribution in [3.05, 3.63) is 0 Å². The molecule has 0 radical (unpaired) electrons. The quantitative estimate of drug-likeness (QED) is 0.750. The van der Waals surface area contributed by atoms with Gasteiger partial charge in [0.15, 0.2) is 0 Å². The average molecular weight is 199 g/mol. The van der Waals surface area contributed by atoms with Crippen molar-refractivity contribution in [3.63, 3.8) is 0 Å². The predicted molar refractivity (Wildman–Crippen MR) is 60.1 cm³/mol. The molecule has 0 aromatic carbocycles. The van der Waals surface area contributed by atoms with E-state index in [1.54, 1.807) is 0 Å². The average Bonchev–Trinajstić information content (AvgIpc) is 2.69. The maximum Gasteiger partial charge on any atom is 0.0532 e. The van der Waals surface area contributed by atoms with Gasteiger partial charge in [-0.2, -0.15) is 0 Å². The molecule has 1 unspecified atom stereocenters. The molecular formula is C11H21NS. The van der Waals surface area contributed by atoms with Gasteiger partial charge in [-0.3, -0.25) is 0 Å². The number of thioether (sulfide) groups is 1. The minimum absolute atomic E-state index is 0.793. The Morgan fingerprint density at radius 2 is 1.92 bits per heavy atom. The molecule has 0 bridgehead atoms. The van der Waals surface area contributed by atoms with Gasteiger partial charge in [-0.15, -0.1) is 11.8 Å². The van der Waals surface area contributed by atoms with Crippen molar-refractivity contribution in [1.82, 2.24) is 5.32 Å². The zero-order chi connectivity index (χ0) is 8.93. The Balaban J connectivity index is 1.60. The lowest BCUT2D eigenvalue weighted by Gasteiger charge is -2.22. The number of hydrogen-bond donors (Lipinski definition) is 1. The highest BCUT2D eigenvalue weighted by Gasteiger charge is 2.18. The Labute approximate surface area is 86.0 Å². The van der Waals surface area contributed by atoms with E-state index in [4.69, 9.17) is 0 Å². The summed E-state index contributed by atoms with van der Waals surface area (Å²) >= 11 is 2.12. The zero-order valence-electron chi connectivity index (χ0n) is 8.43. The summed E-state index contributed by atoms with van der Waals surface area (Å²) in [6.45, 7) is 1.24. The van der Waals surface area contributed by atoms with E-state index in [2.05, 4.69) is 17.1 Å². The second-order valence-corrected chi connectivity index (χ2v) is 5.71. The first-order valence-corrected chi connectivity index (χ1v) is 6.85. The molecule has 2 fully saturated rings. The molecule has 1 nitrogen and oxygen atoms in total. The Morgan fingerprint density at radius 1 is 1.08 bits per heavy atom. The number of nitrogens with one attached hydrogen (secondary N) is 1. The van der Waals surface area contributed by atoms with Crippen LogP contribution in [0.25, 0.3) is 0 Å². The highest BCUT2D eigenvalue weighted by atomic mass is 32.2. The van der Waals surface area contributed by atoms with Gasteiger partial charge in [0.2, 0.25) is 0 Å². The fourth-order valence-corrected chi connectivity index (χ4v) is 3.59. The fraction of sp³-hybridized carbons (Fsp3) is 1.00. The predicted octanol–water partition coefficient (Wildman–Crippen LogP) is 3.01.